The normalized spacial score (nSPS) is 24.7. The largest absolute Gasteiger partial charge is 0.377 e. The summed E-state index contributed by atoms with van der Waals surface area (Å²) in [5, 5.41) is 0. The van der Waals surface area contributed by atoms with Crippen LogP contribution in [0.2, 0.25) is 0 Å². The van der Waals surface area contributed by atoms with Crippen molar-refractivity contribution in [3.63, 3.8) is 0 Å². The molecule has 6 nitrogen and oxygen atoms in total. The number of carbonyl (C=O) groups is 2. The Morgan fingerprint density at radius 2 is 2.21 bits per heavy atom. The van der Waals surface area contributed by atoms with Gasteiger partial charge in [0.25, 0.3) is 0 Å². The van der Waals surface area contributed by atoms with Crippen LogP contribution < -0.4 is 0 Å². The summed E-state index contributed by atoms with van der Waals surface area (Å²) >= 11 is 0. The number of rotatable bonds is 3. The third-order valence-corrected chi connectivity index (χ3v) is 4.99. The van der Waals surface area contributed by atoms with Gasteiger partial charge >= 0.3 is 0 Å². The van der Waals surface area contributed by atoms with Crippen LogP contribution in [-0.4, -0.2) is 59.0 Å². The molecule has 0 saturated carbocycles. The van der Waals surface area contributed by atoms with Crippen LogP contribution >= 0.6 is 0 Å². The molecule has 3 heterocycles. The summed E-state index contributed by atoms with van der Waals surface area (Å²) in [6, 6.07) is 3.96. The number of likely N-dealkylation sites (tertiary alicyclic amines) is 1. The van der Waals surface area contributed by atoms with E-state index in [9.17, 15) is 9.59 Å². The Hall–Kier alpha value is -2.08. The van der Waals surface area contributed by atoms with Crippen molar-refractivity contribution in [2.24, 2.45) is 13.0 Å². The lowest BCUT2D eigenvalue weighted by Gasteiger charge is -2.40. The van der Waals surface area contributed by atoms with E-state index in [1.807, 2.05) is 34.8 Å². The van der Waals surface area contributed by atoms with Gasteiger partial charge in [-0.1, -0.05) is 6.58 Å². The minimum atomic E-state index is -0.136. The number of hydrogen-bond donors (Lipinski definition) is 0. The second-order valence-electron chi connectivity index (χ2n) is 6.49. The molecule has 0 bridgehead atoms. The number of aryl methyl sites for hydroxylation is 1. The van der Waals surface area contributed by atoms with Gasteiger partial charge in [-0.15, -0.1) is 0 Å². The summed E-state index contributed by atoms with van der Waals surface area (Å²) in [7, 11) is 1.98. The van der Waals surface area contributed by atoms with Crippen LogP contribution in [-0.2, 0) is 21.4 Å². The molecule has 0 aliphatic carbocycles. The zero-order valence-electron chi connectivity index (χ0n) is 14.2. The van der Waals surface area contributed by atoms with Crippen molar-refractivity contribution in [1.82, 2.24) is 14.4 Å². The summed E-state index contributed by atoms with van der Waals surface area (Å²) in [5.74, 6) is -0.0944. The smallest absolute Gasteiger partial charge is 0.245 e. The maximum absolute atomic E-state index is 13.1. The van der Waals surface area contributed by atoms with Crippen molar-refractivity contribution in [2.75, 3.05) is 32.8 Å². The Bertz CT molecular complexity index is 625. The Morgan fingerprint density at radius 3 is 2.92 bits per heavy atom. The van der Waals surface area contributed by atoms with Crippen LogP contribution in [0, 0.1) is 5.92 Å². The molecule has 6 heteroatoms. The van der Waals surface area contributed by atoms with Crippen molar-refractivity contribution in [3.05, 3.63) is 36.7 Å². The highest BCUT2D eigenvalue weighted by Gasteiger charge is 2.36. The van der Waals surface area contributed by atoms with E-state index in [-0.39, 0.29) is 23.8 Å². The molecule has 2 aliphatic heterocycles. The molecule has 2 saturated heterocycles. The maximum atomic E-state index is 13.1. The van der Waals surface area contributed by atoms with Crippen molar-refractivity contribution in [3.8, 4) is 0 Å². The van der Waals surface area contributed by atoms with Crippen molar-refractivity contribution in [2.45, 2.75) is 18.9 Å². The summed E-state index contributed by atoms with van der Waals surface area (Å²) in [6.45, 7) is 6.42. The molecule has 0 radical (unpaired) electrons. The van der Waals surface area contributed by atoms with Gasteiger partial charge in [0.05, 0.1) is 25.2 Å². The number of carbonyl (C=O) groups excluding carboxylic acids is 2. The van der Waals surface area contributed by atoms with E-state index in [0.29, 0.717) is 32.8 Å². The first-order valence-electron chi connectivity index (χ1n) is 8.52. The van der Waals surface area contributed by atoms with Crippen molar-refractivity contribution in [1.29, 1.82) is 0 Å². The number of aromatic nitrogens is 1. The number of nitrogens with zero attached hydrogens (tertiary/aromatic N) is 3. The second kappa shape index (κ2) is 7.21. The molecule has 2 unspecified atom stereocenters. The highest BCUT2D eigenvalue weighted by molar-refractivity contribution is 5.88. The van der Waals surface area contributed by atoms with E-state index >= 15 is 0 Å². The van der Waals surface area contributed by atoms with Crippen LogP contribution in [0.3, 0.4) is 0 Å². The third kappa shape index (κ3) is 3.24. The van der Waals surface area contributed by atoms with Gasteiger partial charge in [0, 0.05) is 38.6 Å². The quantitative estimate of drug-likeness (QED) is 0.786. The first-order valence-corrected chi connectivity index (χ1v) is 8.52. The van der Waals surface area contributed by atoms with Gasteiger partial charge < -0.3 is 19.1 Å². The number of ether oxygens (including phenoxy) is 1. The molecule has 130 valence electrons. The zero-order valence-corrected chi connectivity index (χ0v) is 14.2. The molecule has 2 atom stereocenters. The van der Waals surface area contributed by atoms with E-state index < -0.39 is 0 Å². The minimum Gasteiger partial charge on any atom is -0.377 e. The molecule has 2 amide bonds. The van der Waals surface area contributed by atoms with Gasteiger partial charge in [0.2, 0.25) is 11.8 Å². The lowest BCUT2D eigenvalue weighted by atomic mass is 9.95. The standard InChI is InChI=1S/C18H25N3O3/c1-3-17(22)20-9-4-6-14(12-20)18(23)21-10-11-24-13-16(21)15-7-5-8-19(15)2/h3,5,7-8,14,16H,1,4,6,9-13H2,2H3. The van der Waals surface area contributed by atoms with E-state index in [1.165, 1.54) is 6.08 Å². The Balaban J connectivity index is 1.75. The van der Waals surface area contributed by atoms with Gasteiger partial charge in [-0.3, -0.25) is 9.59 Å². The van der Waals surface area contributed by atoms with Crippen LogP contribution in [0.4, 0.5) is 0 Å². The number of hydrogen-bond acceptors (Lipinski definition) is 3. The van der Waals surface area contributed by atoms with Crippen molar-refractivity contribution >= 4 is 11.8 Å². The van der Waals surface area contributed by atoms with Gasteiger partial charge in [-0.2, -0.15) is 0 Å². The van der Waals surface area contributed by atoms with Gasteiger partial charge in [0.15, 0.2) is 0 Å². The lowest BCUT2D eigenvalue weighted by molar-refractivity contribution is -0.147. The SMILES string of the molecule is C=CC(=O)N1CCCC(C(=O)N2CCOCC2c2cccn2C)C1. The zero-order chi connectivity index (χ0) is 17.1. The van der Waals surface area contributed by atoms with Crippen LogP contribution in [0.5, 0.6) is 0 Å². The van der Waals surface area contributed by atoms with Crippen LogP contribution in [0.1, 0.15) is 24.6 Å². The fraction of sp³-hybridized carbons (Fsp3) is 0.556. The monoisotopic (exact) mass is 331 g/mol. The molecule has 24 heavy (non-hydrogen) atoms. The van der Waals surface area contributed by atoms with E-state index in [1.54, 1.807) is 4.90 Å². The molecular formula is C18H25N3O3. The number of piperidine rings is 1. The van der Waals surface area contributed by atoms with Crippen LogP contribution in [0.15, 0.2) is 31.0 Å². The highest BCUT2D eigenvalue weighted by Crippen LogP contribution is 2.28. The molecule has 0 aromatic carbocycles. The predicted molar refractivity (Wildman–Crippen MR) is 90.2 cm³/mol. The fourth-order valence-electron chi connectivity index (χ4n) is 3.68. The van der Waals surface area contributed by atoms with Gasteiger partial charge in [0.1, 0.15) is 0 Å². The average molecular weight is 331 g/mol. The molecule has 0 N–H and O–H groups in total. The van der Waals surface area contributed by atoms with Gasteiger partial charge in [-0.25, -0.2) is 0 Å². The summed E-state index contributed by atoms with van der Waals surface area (Å²) in [4.78, 5) is 28.7. The predicted octanol–water partition coefficient (Wildman–Crippen LogP) is 1.35. The number of morpholine rings is 1. The Labute approximate surface area is 142 Å². The molecule has 2 fully saturated rings. The van der Waals surface area contributed by atoms with E-state index in [2.05, 4.69) is 6.58 Å². The highest BCUT2D eigenvalue weighted by atomic mass is 16.5. The molecule has 1 aromatic rings. The van der Waals surface area contributed by atoms with E-state index in [4.69, 9.17) is 4.74 Å². The minimum absolute atomic E-state index is 0.0586. The van der Waals surface area contributed by atoms with Crippen LogP contribution in [0.25, 0.3) is 0 Å². The molecule has 1 aromatic heterocycles. The molecule has 0 spiro atoms. The first kappa shape index (κ1) is 16.8. The molecular weight excluding hydrogens is 306 g/mol. The summed E-state index contributed by atoms with van der Waals surface area (Å²) < 4.78 is 7.66. The van der Waals surface area contributed by atoms with E-state index in [0.717, 1.165) is 18.5 Å². The average Bonchev–Trinajstić information content (AvgIpc) is 3.06. The lowest BCUT2D eigenvalue weighted by Crippen LogP contribution is -2.50. The maximum Gasteiger partial charge on any atom is 0.245 e. The molecule has 3 rings (SSSR count). The topological polar surface area (TPSA) is 54.8 Å². The number of amides is 2. The Morgan fingerprint density at radius 1 is 1.38 bits per heavy atom. The third-order valence-electron chi connectivity index (χ3n) is 4.99. The molecule has 2 aliphatic rings. The fourth-order valence-corrected chi connectivity index (χ4v) is 3.68. The summed E-state index contributed by atoms with van der Waals surface area (Å²) in [5.41, 5.74) is 1.08. The van der Waals surface area contributed by atoms with Gasteiger partial charge in [-0.05, 0) is 31.1 Å². The second-order valence-corrected chi connectivity index (χ2v) is 6.49. The van der Waals surface area contributed by atoms with Crippen molar-refractivity contribution < 1.29 is 14.3 Å². The first-order chi connectivity index (χ1) is 11.6. The summed E-state index contributed by atoms with van der Waals surface area (Å²) in [6.07, 6.45) is 5.00. The Kier molecular flexibility index (Phi) is 5.04.